The molecule has 0 radical (unpaired) electrons. The third kappa shape index (κ3) is 2.94. The molecular formula is C18H16N2O4S. The van der Waals surface area contributed by atoms with Gasteiger partial charge in [0.2, 0.25) is 0 Å². The summed E-state index contributed by atoms with van der Waals surface area (Å²) < 4.78 is 26.7. The lowest BCUT2D eigenvalue weighted by atomic mass is 9.99. The Morgan fingerprint density at radius 2 is 1.56 bits per heavy atom. The maximum Gasteiger partial charge on any atom is 0.284 e. The van der Waals surface area contributed by atoms with Crippen LogP contribution in [0.2, 0.25) is 0 Å². The molecule has 3 rings (SSSR count). The van der Waals surface area contributed by atoms with Gasteiger partial charge in [-0.15, -0.1) is 0 Å². The van der Waals surface area contributed by atoms with E-state index in [0.717, 1.165) is 11.6 Å². The van der Waals surface area contributed by atoms with Gasteiger partial charge in [0.1, 0.15) is 11.7 Å². The Labute approximate surface area is 145 Å². The fourth-order valence-corrected chi connectivity index (χ4v) is 4.19. The molecule has 0 bridgehead atoms. The molecule has 1 unspecified atom stereocenters. The van der Waals surface area contributed by atoms with E-state index in [2.05, 4.69) is 0 Å². The maximum atomic E-state index is 13.1. The summed E-state index contributed by atoms with van der Waals surface area (Å²) in [5.74, 6) is -1.46. The number of nitrogens with two attached hydrogens (primary N) is 1. The van der Waals surface area contributed by atoms with Crippen LogP contribution in [0.5, 0.6) is 0 Å². The standard InChI is InChI=1S/C18H16N2O4S/c1-12-7-9-14(10-8-12)25(23,24)20-17(13-5-3-2-4-6-13)16(21)11-15(19)18(20)22/h2-11,17H,19H2,1H3. The van der Waals surface area contributed by atoms with Crippen LogP contribution in [0, 0.1) is 6.92 Å². The number of nitrogens with zero attached hydrogens (tertiary/aromatic N) is 1. The topological polar surface area (TPSA) is 97.5 Å². The predicted molar refractivity (Wildman–Crippen MR) is 91.7 cm³/mol. The first-order valence-electron chi connectivity index (χ1n) is 7.54. The first kappa shape index (κ1) is 16.9. The summed E-state index contributed by atoms with van der Waals surface area (Å²) in [6.07, 6.45) is 0.987. The van der Waals surface area contributed by atoms with Crippen molar-refractivity contribution in [3.8, 4) is 0 Å². The van der Waals surface area contributed by atoms with Gasteiger partial charge in [0.25, 0.3) is 15.9 Å². The van der Waals surface area contributed by atoms with E-state index in [1.807, 2.05) is 6.92 Å². The van der Waals surface area contributed by atoms with Crippen LogP contribution in [0.15, 0.2) is 71.3 Å². The molecule has 6 nitrogen and oxygen atoms in total. The number of sulfonamides is 1. The van der Waals surface area contributed by atoms with E-state index >= 15 is 0 Å². The van der Waals surface area contributed by atoms with Crippen molar-refractivity contribution in [1.29, 1.82) is 0 Å². The summed E-state index contributed by atoms with van der Waals surface area (Å²) in [7, 11) is -4.25. The van der Waals surface area contributed by atoms with Crippen molar-refractivity contribution in [2.45, 2.75) is 17.9 Å². The molecule has 0 saturated heterocycles. The third-order valence-corrected chi connectivity index (χ3v) is 5.70. The fourth-order valence-electron chi connectivity index (χ4n) is 2.66. The first-order chi connectivity index (χ1) is 11.8. The number of amides is 1. The molecule has 1 atom stereocenters. The molecule has 0 spiro atoms. The van der Waals surface area contributed by atoms with Crippen molar-refractivity contribution < 1.29 is 18.0 Å². The molecule has 0 saturated carbocycles. The van der Waals surface area contributed by atoms with Crippen molar-refractivity contribution in [2.75, 3.05) is 0 Å². The maximum absolute atomic E-state index is 13.1. The summed E-state index contributed by atoms with van der Waals surface area (Å²) in [6.45, 7) is 1.82. The van der Waals surface area contributed by atoms with Crippen LogP contribution in [0.3, 0.4) is 0 Å². The molecule has 1 aliphatic heterocycles. The van der Waals surface area contributed by atoms with E-state index in [1.165, 1.54) is 12.1 Å². The van der Waals surface area contributed by atoms with Gasteiger partial charge < -0.3 is 5.73 Å². The Kier molecular flexibility index (Phi) is 4.18. The number of carbonyl (C=O) groups is 2. The molecule has 2 aromatic carbocycles. The van der Waals surface area contributed by atoms with Crippen LogP contribution in [-0.2, 0) is 19.6 Å². The lowest BCUT2D eigenvalue weighted by molar-refractivity contribution is -0.131. The zero-order valence-electron chi connectivity index (χ0n) is 13.4. The molecule has 0 fully saturated rings. The van der Waals surface area contributed by atoms with Gasteiger partial charge in [-0.25, -0.2) is 12.7 Å². The van der Waals surface area contributed by atoms with E-state index in [1.54, 1.807) is 42.5 Å². The predicted octanol–water partition coefficient (Wildman–Crippen LogP) is 1.68. The number of ketones is 1. The Hall–Kier alpha value is -2.93. The molecule has 1 heterocycles. The van der Waals surface area contributed by atoms with Gasteiger partial charge in [0.15, 0.2) is 5.78 Å². The highest BCUT2D eigenvalue weighted by atomic mass is 32.2. The minimum Gasteiger partial charge on any atom is -0.394 e. The summed E-state index contributed by atoms with van der Waals surface area (Å²) in [5.41, 5.74) is 6.46. The second-order valence-electron chi connectivity index (χ2n) is 5.73. The Morgan fingerprint density at radius 1 is 0.960 bits per heavy atom. The highest BCUT2D eigenvalue weighted by molar-refractivity contribution is 7.89. The lowest BCUT2D eigenvalue weighted by Crippen LogP contribution is -2.47. The first-order valence-corrected chi connectivity index (χ1v) is 8.98. The molecule has 7 heteroatoms. The number of benzene rings is 2. The number of hydrogen-bond donors (Lipinski definition) is 1. The molecule has 1 amide bonds. The SMILES string of the molecule is Cc1ccc(S(=O)(=O)N2C(=O)C(N)=CC(=O)C2c2ccccc2)cc1. The number of carbonyl (C=O) groups excluding carboxylic acids is 2. The number of hydrogen-bond acceptors (Lipinski definition) is 5. The van der Waals surface area contributed by atoms with E-state index in [4.69, 9.17) is 5.73 Å². The van der Waals surface area contributed by atoms with Crippen molar-refractivity contribution >= 4 is 21.7 Å². The molecule has 128 valence electrons. The van der Waals surface area contributed by atoms with Crippen LogP contribution in [0.4, 0.5) is 0 Å². The van der Waals surface area contributed by atoms with Crippen molar-refractivity contribution in [2.24, 2.45) is 5.73 Å². The zero-order valence-corrected chi connectivity index (χ0v) is 14.2. The number of aryl methyl sites for hydroxylation is 1. The molecule has 1 aliphatic rings. The van der Waals surface area contributed by atoms with E-state index in [-0.39, 0.29) is 4.90 Å². The van der Waals surface area contributed by atoms with E-state index in [9.17, 15) is 18.0 Å². The summed E-state index contributed by atoms with van der Waals surface area (Å²) in [6, 6.07) is 13.1. The monoisotopic (exact) mass is 356 g/mol. The van der Waals surface area contributed by atoms with Crippen molar-refractivity contribution in [3.63, 3.8) is 0 Å². The molecule has 2 aromatic rings. The Balaban J connectivity index is 2.18. The number of rotatable bonds is 3. The van der Waals surface area contributed by atoms with Gasteiger partial charge in [-0.05, 0) is 24.6 Å². The van der Waals surface area contributed by atoms with Gasteiger partial charge in [0.05, 0.1) is 4.90 Å². The van der Waals surface area contributed by atoms with Crippen LogP contribution in [0.25, 0.3) is 0 Å². The smallest absolute Gasteiger partial charge is 0.284 e. The minimum absolute atomic E-state index is 0.0742. The average molecular weight is 356 g/mol. The van der Waals surface area contributed by atoms with Gasteiger partial charge in [-0.3, -0.25) is 9.59 Å². The van der Waals surface area contributed by atoms with Crippen LogP contribution >= 0.6 is 0 Å². The van der Waals surface area contributed by atoms with Gasteiger partial charge >= 0.3 is 0 Å². The third-order valence-electron chi connectivity index (χ3n) is 3.94. The summed E-state index contributed by atoms with van der Waals surface area (Å²) in [4.78, 5) is 24.9. The molecule has 0 aliphatic carbocycles. The van der Waals surface area contributed by atoms with Gasteiger partial charge in [0, 0.05) is 6.08 Å². The largest absolute Gasteiger partial charge is 0.394 e. The quantitative estimate of drug-likeness (QED) is 0.902. The van der Waals surface area contributed by atoms with Crippen LogP contribution < -0.4 is 5.73 Å². The summed E-state index contributed by atoms with van der Waals surface area (Å²) >= 11 is 0. The molecule has 25 heavy (non-hydrogen) atoms. The van der Waals surface area contributed by atoms with Gasteiger partial charge in [-0.1, -0.05) is 48.0 Å². The van der Waals surface area contributed by atoms with Crippen LogP contribution in [0.1, 0.15) is 17.2 Å². The minimum atomic E-state index is -4.25. The van der Waals surface area contributed by atoms with Crippen molar-refractivity contribution in [1.82, 2.24) is 4.31 Å². The second-order valence-corrected chi connectivity index (χ2v) is 7.55. The lowest BCUT2D eigenvalue weighted by Gasteiger charge is -2.32. The van der Waals surface area contributed by atoms with Gasteiger partial charge in [-0.2, -0.15) is 0 Å². The normalized spacial score (nSPS) is 18.2. The molecule has 0 aromatic heterocycles. The average Bonchev–Trinajstić information content (AvgIpc) is 2.58. The van der Waals surface area contributed by atoms with Crippen LogP contribution in [-0.4, -0.2) is 24.4 Å². The van der Waals surface area contributed by atoms with Crippen molar-refractivity contribution in [3.05, 3.63) is 77.5 Å². The Bertz CT molecular complexity index is 964. The fraction of sp³-hybridized carbons (Fsp3) is 0.111. The highest BCUT2D eigenvalue weighted by Crippen LogP contribution is 2.32. The Morgan fingerprint density at radius 3 is 2.16 bits per heavy atom. The summed E-state index contributed by atoms with van der Waals surface area (Å²) in [5, 5.41) is 0. The molecular weight excluding hydrogens is 340 g/mol. The second kappa shape index (κ2) is 6.18. The molecule has 2 N–H and O–H groups in total. The van der Waals surface area contributed by atoms with E-state index < -0.39 is 33.5 Å². The zero-order chi connectivity index (χ0) is 18.2. The van der Waals surface area contributed by atoms with E-state index in [0.29, 0.717) is 9.87 Å². The highest BCUT2D eigenvalue weighted by Gasteiger charge is 2.43.